The first kappa shape index (κ1) is 37.2. The highest BCUT2D eigenvalue weighted by molar-refractivity contribution is 7.00. The molecule has 3 heteroatoms. The molecule has 2 aliphatic rings. The Bertz CT molecular complexity index is 3390. The molecule has 0 fully saturated rings. The van der Waals surface area contributed by atoms with E-state index in [2.05, 4.69) is 259 Å². The highest BCUT2D eigenvalue weighted by Gasteiger charge is 2.44. The molecule has 0 spiro atoms. The van der Waals surface area contributed by atoms with E-state index in [4.69, 9.17) is 0 Å². The summed E-state index contributed by atoms with van der Waals surface area (Å²) in [5.74, 6) is 0. The lowest BCUT2D eigenvalue weighted by molar-refractivity contribution is 1.27. The second kappa shape index (κ2) is 15.2. The van der Waals surface area contributed by atoms with Gasteiger partial charge in [-0.2, -0.15) is 0 Å². The van der Waals surface area contributed by atoms with Crippen LogP contribution in [0.2, 0.25) is 0 Å². The molecule has 0 amide bonds. The Labute approximate surface area is 380 Å². The van der Waals surface area contributed by atoms with Crippen LogP contribution >= 0.6 is 0 Å². The zero-order valence-corrected chi connectivity index (χ0v) is 35.6. The molecule has 0 N–H and O–H groups in total. The van der Waals surface area contributed by atoms with E-state index in [1.54, 1.807) is 0 Å². The predicted molar refractivity (Wildman–Crippen MR) is 277 cm³/mol. The van der Waals surface area contributed by atoms with Crippen molar-refractivity contribution >= 4 is 78.8 Å². The van der Waals surface area contributed by atoms with Gasteiger partial charge in [0.2, 0.25) is 0 Å². The van der Waals surface area contributed by atoms with Crippen LogP contribution in [0.25, 0.3) is 66.1 Å². The lowest BCUT2D eigenvalue weighted by Gasteiger charge is -2.45. The Kier molecular flexibility index (Phi) is 8.67. The Morgan fingerprint density at radius 3 is 1.11 bits per heavy atom. The molecule has 0 saturated carbocycles. The van der Waals surface area contributed by atoms with Crippen LogP contribution in [0.4, 0.5) is 34.1 Å². The van der Waals surface area contributed by atoms with Crippen LogP contribution in [0.15, 0.2) is 249 Å². The minimum atomic E-state index is -0.0303. The monoisotopic (exact) mass is 824 g/mol. The number of hydrogen-bond donors (Lipinski definition) is 0. The lowest BCUT2D eigenvalue weighted by Crippen LogP contribution is -2.61. The Morgan fingerprint density at radius 2 is 0.646 bits per heavy atom. The second-order valence-corrected chi connectivity index (χ2v) is 17.2. The van der Waals surface area contributed by atoms with E-state index in [9.17, 15) is 0 Å². The third-order valence-electron chi connectivity index (χ3n) is 13.6. The van der Waals surface area contributed by atoms with Crippen molar-refractivity contribution in [2.45, 2.75) is 0 Å². The van der Waals surface area contributed by atoms with Crippen molar-refractivity contribution in [3.05, 3.63) is 249 Å². The van der Waals surface area contributed by atoms with Gasteiger partial charge in [0, 0.05) is 44.9 Å². The molecular formula is C62H41BN2. The normalized spacial score (nSPS) is 12.5. The Hall–Kier alpha value is -8.40. The van der Waals surface area contributed by atoms with E-state index in [0.717, 1.165) is 11.4 Å². The SMILES string of the molecule is c1ccc(-c2ccc(N3c4cc(-c5ccccc5-c5ccccc5)cc5c4B(c4ccc6ccccc6c43)c3ccc4ccccc4c3N5c3ccc(-c4ccccc4)cc3)cc2)cc1. The zero-order chi connectivity index (χ0) is 42.8. The van der Waals surface area contributed by atoms with Crippen molar-refractivity contribution < 1.29 is 0 Å². The third-order valence-corrected chi connectivity index (χ3v) is 13.6. The van der Waals surface area contributed by atoms with Crippen molar-refractivity contribution in [3.63, 3.8) is 0 Å². The van der Waals surface area contributed by atoms with E-state index in [1.165, 1.54) is 105 Å². The van der Waals surface area contributed by atoms with Gasteiger partial charge in [0.1, 0.15) is 0 Å². The van der Waals surface area contributed by atoms with Gasteiger partial charge in [0.15, 0.2) is 0 Å². The van der Waals surface area contributed by atoms with Gasteiger partial charge in [0.05, 0.1) is 0 Å². The summed E-state index contributed by atoms with van der Waals surface area (Å²) >= 11 is 0. The fraction of sp³-hybridized carbons (Fsp3) is 0. The van der Waals surface area contributed by atoms with Crippen molar-refractivity contribution in [2.75, 3.05) is 9.80 Å². The fourth-order valence-corrected chi connectivity index (χ4v) is 10.7. The van der Waals surface area contributed by atoms with E-state index < -0.39 is 0 Å². The molecule has 11 aromatic carbocycles. The molecule has 0 radical (unpaired) electrons. The minimum absolute atomic E-state index is 0.0303. The van der Waals surface area contributed by atoms with Gasteiger partial charge in [0.25, 0.3) is 6.71 Å². The number of nitrogens with zero attached hydrogens (tertiary/aromatic N) is 2. The summed E-state index contributed by atoms with van der Waals surface area (Å²) in [6.07, 6.45) is 0. The average Bonchev–Trinajstić information content (AvgIpc) is 3.39. The zero-order valence-electron chi connectivity index (χ0n) is 35.6. The number of benzene rings is 11. The maximum Gasteiger partial charge on any atom is 0.252 e. The molecule has 2 nitrogen and oxygen atoms in total. The molecule has 11 aromatic rings. The van der Waals surface area contributed by atoms with Crippen LogP contribution < -0.4 is 26.2 Å². The molecule has 302 valence electrons. The molecule has 13 rings (SSSR count). The molecular weight excluding hydrogens is 784 g/mol. The number of fused-ring (bicyclic) bond motifs is 8. The number of hydrogen-bond acceptors (Lipinski definition) is 2. The van der Waals surface area contributed by atoms with Crippen LogP contribution in [0, 0.1) is 0 Å². The molecule has 0 bridgehead atoms. The first-order chi connectivity index (χ1) is 32.3. The minimum Gasteiger partial charge on any atom is -0.311 e. The molecule has 0 aliphatic carbocycles. The molecule has 0 atom stereocenters. The maximum atomic E-state index is 2.57. The van der Waals surface area contributed by atoms with Crippen molar-refractivity contribution in [2.24, 2.45) is 0 Å². The van der Waals surface area contributed by atoms with Gasteiger partial charge in [-0.1, -0.05) is 212 Å². The van der Waals surface area contributed by atoms with Crippen LogP contribution in [0.5, 0.6) is 0 Å². The molecule has 0 saturated heterocycles. The average molecular weight is 825 g/mol. The predicted octanol–water partition coefficient (Wildman–Crippen LogP) is 14.7. The van der Waals surface area contributed by atoms with Crippen LogP contribution in [0.3, 0.4) is 0 Å². The third kappa shape index (κ3) is 6.04. The van der Waals surface area contributed by atoms with Crippen LogP contribution in [-0.2, 0) is 0 Å². The molecule has 2 aliphatic heterocycles. The van der Waals surface area contributed by atoms with Gasteiger partial charge < -0.3 is 9.80 Å². The summed E-state index contributed by atoms with van der Waals surface area (Å²) in [6, 6.07) is 91.7. The summed E-state index contributed by atoms with van der Waals surface area (Å²) in [5, 5.41) is 4.92. The highest BCUT2D eigenvalue weighted by atomic mass is 15.2. The van der Waals surface area contributed by atoms with Gasteiger partial charge in [-0.05, 0) is 108 Å². The van der Waals surface area contributed by atoms with Crippen molar-refractivity contribution in [3.8, 4) is 44.5 Å². The summed E-state index contributed by atoms with van der Waals surface area (Å²) in [6.45, 7) is -0.0303. The summed E-state index contributed by atoms with van der Waals surface area (Å²) in [4.78, 5) is 5.14. The van der Waals surface area contributed by atoms with E-state index in [1.807, 2.05) is 0 Å². The Balaban J connectivity index is 1.15. The number of rotatable bonds is 6. The molecule has 0 aromatic heterocycles. The van der Waals surface area contributed by atoms with Gasteiger partial charge in [-0.3, -0.25) is 0 Å². The first-order valence-electron chi connectivity index (χ1n) is 22.5. The largest absolute Gasteiger partial charge is 0.311 e. The second-order valence-electron chi connectivity index (χ2n) is 17.2. The van der Waals surface area contributed by atoms with Crippen LogP contribution in [0.1, 0.15) is 0 Å². The fourth-order valence-electron chi connectivity index (χ4n) is 10.7. The van der Waals surface area contributed by atoms with E-state index in [-0.39, 0.29) is 6.71 Å². The molecule has 65 heavy (non-hydrogen) atoms. The highest BCUT2D eigenvalue weighted by Crippen LogP contribution is 2.50. The summed E-state index contributed by atoms with van der Waals surface area (Å²) < 4.78 is 0. The van der Waals surface area contributed by atoms with Gasteiger partial charge in [-0.15, -0.1) is 0 Å². The van der Waals surface area contributed by atoms with Crippen molar-refractivity contribution in [1.29, 1.82) is 0 Å². The summed E-state index contributed by atoms with van der Waals surface area (Å²) in [5.41, 5.74) is 20.6. The first-order valence-corrected chi connectivity index (χ1v) is 22.5. The van der Waals surface area contributed by atoms with Gasteiger partial charge >= 0.3 is 0 Å². The van der Waals surface area contributed by atoms with E-state index >= 15 is 0 Å². The molecule has 2 heterocycles. The smallest absolute Gasteiger partial charge is 0.252 e. The van der Waals surface area contributed by atoms with E-state index in [0.29, 0.717) is 0 Å². The maximum absolute atomic E-state index is 2.57. The topological polar surface area (TPSA) is 6.48 Å². The number of anilines is 6. The van der Waals surface area contributed by atoms with Gasteiger partial charge in [-0.25, -0.2) is 0 Å². The van der Waals surface area contributed by atoms with Crippen LogP contribution in [-0.4, -0.2) is 6.71 Å². The lowest BCUT2D eigenvalue weighted by atomic mass is 9.33. The van der Waals surface area contributed by atoms with Crippen molar-refractivity contribution in [1.82, 2.24) is 0 Å². The quantitative estimate of drug-likeness (QED) is 0.154. The summed E-state index contributed by atoms with van der Waals surface area (Å²) in [7, 11) is 0. The Morgan fingerprint density at radius 1 is 0.277 bits per heavy atom. The standard InChI is InChI=1S/C62H41BN2/c1-4-16-42(17-5-1)44-28-34-50(35-29-44)64-58-40-49(53-25-15-14-24-52(53)46-20-8-3-9-21-46)41-59-60(58)63(56-38-32-47-22-10-12-26-54(47)61(56)64)57-39-33-48-23-11-13-27-55(48)62(57)65(59)51-36-30-45(31-37-51)43-18-6-2-7-19-43/h1-41H. The molecule has 0 unspecified atom stereocenters.